The van der Waals surface area contributed by atoms with Crippen LogP contribution in [0.15, 0.2) is 0 Å². The fraction of sp³-hybridized carbons (Fsp3) is 0.846. The van der Waals surface area contributed by atoms with E-state index in [1.165, 1.54) is 0 Å². The molecule has 19 heavy (non-hydrogen) atoms. The molecular formula is C13H26N4O2. The summed E-state index contributed by atoms with van der Waals surface area (Å²) in [5.74, 6) is 0.178. The number of carbonyl (C=O) groups is 2. The molecule has 1 heterocycles. The van der Waals surface area contributed by atoms with Gasteiger partial charge in [-0.15, -0.1) is 0 Å². The number of nitrogens with two attached hydrogens (primary N) is 1. The van der Waals surface area contributed by atoms with Gasteiger partial charge in [0, 0.05) is 52.7 Å². The molecule has 0 radical (unpaired) electrons. The molecule has 110 valence electrons. The Kier molecular flexibility index (Phi) is 6.08. The van der Waals surface area contributed by atoms with Gasteiger partial charge in [0.1, 0.15) is 0 Å². The molecule has 1 rings (SSSR count). The summed E-state index contributed by atoms with van der Waals surface area (Å²) < 4.78 is 0. The van der Waals surface area contributed by atoms with Gasteiger partial charge in [-0.3, -0.25) is 4.79 Å². The molecule has 0 bridgehead atoms. The summed E-state index contributed by atoms with van der Waals surface area (Å²) in [7, 11) is 3.49. The summed E-state index contributed by atoms with van der Waals surface area (Å²) in [6, 6.07) is 0.173. The standard InChI is InChI=1S/C13H26N4O2/c1-11(14)5-4-6-12(18)16-7-9-17(10-8-16)13(19)15(2)3/h11H,4-10,14H2,1-3H3. The van der Waals surface area contributed by atoms with Gasteiger partial charge in [0.25, 0.3) is 0 Å². The van der Waals surface area contributed by atoms with Gasteiger partial charge in [-0.05, 0) is 19.8 Å². The van der Waals surface area contributed by atoms with Gasteiger partial charge in [-0.25, -0.2) is 4.79 Å². The Bertz CT molecular complexity index is 310. The summed E-state index contributed by atoms with van der Waals surface area (Å²) in [6.45, 7) is 4.47. The van der Waals surface area contributed by atoms with Crippen molar-refractivity contribution >= 4 is 11.9 Å². The molecule has 6 heteroatoms. The Morgan fingerprint density at radius 3 is 2.16 bits per heavy atom. The molecule has 3 amide bonds. The lowest BCUT2D eigenvalue weighted by atomic mass is 10.1. The first-order valence-electron chi connectivity index (χ1n) is 6.91. The van der Waals surface area contributed by atoms with Crippen LogP contribution in [0, 0.1) is 0 Å². The summed E-state index contributed by atoms with van der Waals surface area (Å²) in [5, 5.41) is 0. The first-order valence-corrected chi connectivity index (χ1v) is 6.91. The molecule has 1 aliphatic heterocycles. The van der Waals surface area contributed by atoms with Crippen molar-refractivity contribution in [3.63, 3.8) is 0 Å². The lowest BCUT2D eigenvalue weighted by Gasteiger charge is -2.36. The Hall–Kier alpha value is -1.30. The van der Waals surface area contributed by atoms with Crippen molar-refractivity contribution in [2.75, 3.05) is 40.3 Å². The molecule has 0 aromatic carbocycles. The van der Waals surface area contributed by atoms with Crippen molar-refractivity contribution in [1.29, 1.82) is 0 Å². The molecule has 1 saturated heterocycles. The Morgan fingerprint density at radius 2 is 1.68 bits per heavy atom. The molecule has 1 fully saturated rings. The zero-order valence-corrected chi connectivity index (χ0v) is 12.3. The Labute approximate surface area is 115 Å². The minimum absolute atomic E-state index is 0.0176. The predicted octanol–water partition coefficient (Wildman–Crippen LogP) is 0.330. The van der Waals surface area contributed by atoms with Crippen molar-refractivity contribution in [1.82, 2.24) is 14.7 Å². The second kappa shape index (κ2) is 7.33. The van der Waals surface area contributed by atoms with E-state index in [4.69, 9.17) is 5.73 Å². The van der Waals surface area contributed by atoms with Crippen LogP contribution in [0.4, 0.5) is 4.79 Å². The number of hydrogen-bond donors (Lipinski definition) is 1. The second-order valence-electron chi connectivity index (χ2n) is 5.41. The molecule has 0 aromatic rings. The van der Waals surface area contributed by atoms with E-state index in [-0.39, 0.29) is 18.0 Å². The monoisotopic (exact) mass is 270 g/mol. The third kappa shape index (κ3) is 5.06. The highest BCUT2D eigenvalue weighted by Crippen LogP contribution is 2.08. The van der Waals surface area contributed by atoms with Crippen LogP contribution in [-0.4, -0.2) is 73.0 Å². The third-order valence-electron chi connectivity index (χ3n) is 3.34. The minimum atomic E-state index is 0.0176. The molecule has 0 spiro atoms. The maximum Gasteiger partial charge on any atom is 0.319 e. The van der Waals surface area contributed by atoms with E-state index in [1.807, 2.05) is 11.8 Å². The maximum absolute atomic E-state index is 12.0. The average Bonchev–Trinajstić information content (AvgIpc) is 2.37. The van der Waals surface area contributed by atoms with Crippen LogP contribution >= 0.6 is 0 Å². The number of hydrogen-bond acceptors (Lipinski definition) is 3. The maximum atomic E-state index is 12.0. The van der Waals surface area contributed by atoms with Crippen LogP contribution in [0.25, 0.3) is 0 Å². The normalized spacial score (nSPS) is 17.3. The fourth-order valence-electron chi connectivity index (χ4n) is 2.16. The number of carbonyl (C=O) groups excluding carboxylic acids is 2. The lowest BCUT2D eigenvalue weighted by Crippen LogP contribution is -2.52. The van der Waals surface area contributed by atoms with Gasteiger partial charge in [0.15, 0.2) is 0 Å². The summed E-state index contributed by atoms with van der Waals surface area (Å²) >= 11 is 0. The minimum Gasteiger partial charge on any atom is -0.339 e. The van der Waals surface area contributed by atoms with Crippen LogP contribution in [0.5, 0.6) is 0 Å². The van der Waals surface area contributed by atoms with Crippen LogP contribution in [0.1, 0.15) is 26.2 Å². The summed E-state index contributed by atoms with van der Waals surface area (Å²) in [4.78, 5) is 28.9. The quantitative estimate of drug-likeness (QED) is 0.800. The molecule has 1 unspecified atom stereocenters. The Morgan fingerprint density at radius 1 is 1.16 bits per heavy atom. The summed E-state index contributed by atoms with van der Waals surface area (Å²) in [5.41, 5.74) is 5.66. The van der Waals surface area contributed by atoms with E-state index in [0.717, 1.165) is 12.8 Å². The molecule has 1 atom stereocenters. The molecule has 0 saturated carbocycles. The van der Waals surface area contributed by atoms with Gasteiger partial charge in [0.05, 0.1) is 0 Å². The second-order valence-corrected chi connectivity index (χ2v) is 5.41. The van der Waals surface area contributed by atoms with E-state index in [9.17, 15) is 9.59 Å². The fourth-order valence-corrected chi connectivity index (χ4v) is 2.16. The number of rotatable bonds is 4. The first kappa shape index (κ1) is 15.8. The van der Waals surface area contributed by atoms with Crippen LogP contribution < -0.4 is 5.73 Å². The topological polar surface area (TPSA) is 69.9 Å². The van der Waals surface area contributed by atoms with Gasteiger partial charge in [-0.2, -0.15) is 0 Å². The van der Waals surface area contributed by atoms with Crippen molar-refractivity contribution in [3.05, 3.63) is 0 Å². The van der Waals surface area contributed by atoms with Crippen LogP contribution in [0.3, 0.4) is 0 Å². The molecule has 2 N–H and O–H groups in total. The van der Waals surface area contributed by atoms with Crippen LogP contribution in [0.2, 0.25) is 0 Å². The molecule has 6 nitrogen and oxygen atoms in total. The van der Waals surface area contributed by atoms with Crippen molar-refractivity contribution in [3.8, 4) is 0 Å². The lowest BCUT2D eigenvalue weighted by molar-refractivity contribution is -0.132. The van der Waals surface area contributed by atoms with Gasteiger partial charge in [0.2, 0.25) is 5.91 Å². The zero-order valence-electron chi connectivity index (χ0n) is 12.3. The van der Waals surface area contributed by atoms with E-state index in [2.05, 4.69) is 0 Å². The zero-order chi connectivity index (χ0) is 14.4. The summed E-state index contributed by atoms with van der Waals surface area (Å²) in [6.07, 6.45) is 2.28. The smallest absolute Gasteiger partial charge is 0.319 e. The van der Waals surface area contributed by atoms with E-state index in [0.29, 0.717) is 32.6 Å². The number of urea groups is 1. The molecule has 0 aliphatic carbocycles. The number of amides is 3. The predicted molar refractivity (Wildman–Crippen MR) is 74.7 cm³/mol. The first-order chi connectivity index (χ1) is 8.91. The van der Waals surface area contributed by atoms with Crippen molar-refractivity contribution < 1.29 is 9.59 Å². The van der Waals surface area contributed by atoms with E-state index in [1.54, 1.807) is 23.9 Å². The Balaban J connectivity index is 2.29. The van der Waals surface area contributed by atoms with Gasteiger partial charge < -0.3 is 20.4 Å². The SMILES string of the molecule is CC(N)CCCC(=O)N1CCN(C(=O)N(C)C)CC1. The van der Waals surface area contributed by atoms with Crippen LogP contribution in [-0.2, 0) is 4.79 Å². The van der Waals surface area contributed by atoms with E-state index >= 15 is 0 Å². The number of piperazine rings is 1. The van der Waals surface area contributed by atoms with Gasteiger partial charge >= 0.3 is 6.03 Å². The number of nitrogens with zero attached hydrogens (tertiary/aromatic N) is 3. The van der Waals surface area contributed by atoms with E-state index < -0.39 is 0 Å². The highest BCUT2D eigenvalue weighted by atomic mass is 16.2. The van der Waals surface area contributed by atoms with Gasteiger partial charge in [-0.1, -0.05) is 0 Å². The highest BCUT2D eigenvalue weighted by molar-refractivity contribution is 5.77. The third-order valence-corrected chi connectivity index (χ3v) is 3.34. The average molecular weight is 270 g/mol. The molecule has 0 aromatic heterocycles. The van der Waals surface area contributed by atoms with Crippen molar-refractivity contribution in [2.24, 2.45) is 5.73 Å². The largest absolute Gasteiger partial charge is 0.339 e. The van der Waals surface area contributed by atoms with Crippen molar-refractivity contribution in [2.45, 2.75) is 32.2 Å². The molecule has 1 aliphatic rings. The highest BCUT2D eigenvalue weighted by Gasteiger charge is 2.24. The molecular weight excluding hydrogens is 244 g/mol.